The number of piperidine rings is 1. The van der Waals surface area contributed by atoms with E-state index in [9.17, 15) is 9.59 Å². The first kappa shape index (κ1) is 22.8. The van der Waals surface area contributed by atoms with Crippen molar-refractivity contribution in [1.82, 2.24) is 39.2 Å². The number of H-pyrrole nitrogens is 1. The second kappa shape index (κ2) is 9.12. The van der Waals surface area contributed by atoms with E-state index in [0.717, 1.165) is 43.6 Å². The van der Waals surface area contributed by atoms with Gasteiger partial charge in [0.05, 0.1) is 22.1 Å². The van der Waals surface area contributed by atoms with Crippen LogP contribution in [0.25, 0.3) is 39.0 Å². The van der Waals surface area contributed by atoms with Crippen LogP contribution in [0.4, 0.5) is 0 Å². The second-order valence-corrected chi connectivity index (χ2v) is 9.21. The molecule has 1 fully saturated rings. The summed E-state index contributed by atoms with van der Waals surface area (Å²) in [6.45, 7) is 7.86. The number of nitrogens with zero attached hydrogens (tertiary/aromatic N) is 7. The van der Waals surface area contributed by atoms with Crippen molar-refractivity contribution < 1.29 is 0 Å². The minimum Gasteiger partial charge on any atom is -0.375 e. The largest absolute Gasteiger partial charge is 0.375 e. The first-order valence-electron chi connectivity index (χ1n) is 12.4. The van der Waals surface area contributed by atoms with Crippen LogP contribution in [0, 0.1) is 0 Å². The molecule has 0 atom stereocenters. The number of hydrogen-bond donors (Lipinski definition) is 1. The van der Waals surface area contributed by atoms with E-state index in [1.807, 2.05) is 36.5 Å². The van der Waals surface area contributed by atoms with E-state index in [4.69, 9.17) is 4.98 Å². The molecular formula is C27H26N8O2. The maximum atomic E-state index is 13.2. The van der Waals surface area contributed by atoms with Crippen LogP contribution in [0.2, 0.25) is 0 Å². The van der Waals surface area contributed by atoms with E-state index >= 15 is 0 Å². The summed E-state index contributed by atoms with van der Waals surface area (Å²) in [5.41, 5.74) is 3.37. The lowest BCUT2D eigenvalue weighted by Crippen LogP contribution is -2.39. The minimum absolute atomic E-state index is 0.0705. The highest BCUT2D eigenvalue weighted by Gasteiger charge is 2.25. The highest BCUT2D eigenvalue weighted by atomic mass is 16.2. The van der Waals surface area contributed by atoms with Gasteiger partial charge in [0.2, 0.25) is 0 Å². The topological polar surface area (TPSA) is 115 Å². The average Bonchev–Trinajstić information content (AvgIpc) is 3.48. The molecule has 0 amide bonds. The van der Waals surface area contributed by atoms with E-state index in [2.05, 4.69) is 38.5 Å². The van der Waals surface area contributed by atoms with Gasteiger partial charge < -0.3 is 4.90 Å². The molecular weight excluding hydrogens is 468 g/mol. The van der Waals surface area contributed by atoms with Crippen LogP contribution in [-0.2, 0) is 0 Å². The van der Waals surface area contributed by atoms with Gasteiger partial charge in [-0.15, -0.1) is 0 Å². The second-order valence-electron chi connectivity index (χ2n) is 9.21. The zero-order chi connectivity index (χ0) is 25.5. The van der Waals surface area contributed by atoms with Crippen molar-refractivity contribution in [3.63, 3.8) is 0 Å². The maximum absolute atomic E-state index is 13.2. The first-order chi connectivity index (χ1) is 18.0. The van der Waals surface area contributed by atoms with Crippen molar-refractivity contribution >= 4 is 21.9 Å². The normalized spacial score (nSPS) is 14.5. The molecule has 186 valence electrons. The number of pyridine rings is 3. The van der Waals surface area contributed by atoms with Gasteiger partial charge in [0.25, 0.3) is 5.56 Å². The molecule has 6 heterocycles. The Hall–Kier alpha value is -4.60. The predicted molar refractivity (Wildman–Crippen MR) is 142 cm³/mol. The Morgan fingerprint density at radius 1 is 1.11 bits per heavy atom. The van der Waals surface area contributed by atoms with Gasteiger partial charge in [-0.3, -0.25) is 19.3 Å². The number of aromatic nitrogens is 7. The highest BCUT2D eigenvalue weighted by Crippen LogP contribution is 2.29. The van der Waals surface area contributed by atoms with Crippen LogP contribution >= 0.6 is 0 Å². The number of likely N-dealkylation sites (tertiary alicyclic amines) is 1. The Morgan fingerprint density at radius 2 is 1.95 bits per heavy atom. The fraction of sp³-hybridized carbons (Fsp3) is 0.259. The lowest BCUT2D eigenvalue weighted by Gasteiger charge is -2.35. The Kier molecular flexibility index (Phi) is 5.63. The van der Waals surface area contributed by atoms with Crippen LogP contribution in [0.5, 0.6) is 0 Å². The van der Waals surface area contributed by atoms with Crippen molar-refractivity contribution in [3.8, 4) is 17.1 Å². The van der Waals surface area contributed by atoms with Gasteiger partial charge in [-0.2, -0.15) is 5.10 Å². The van der Waals surface area contributed by atoms with Crippen LogP contribution in [-0.4, -0.2) is 52.3 Å². The van der Waals surface area contributed by atoms with E-state index in [-0.39, 0.29) is 6.04 Å². The third kappa shape index (κ3) is 4.00. The Bertz CT molecular complexity index is 1730. The first-order valence-corrected chi connectivity index (χ1v) is 12.4. The molecule has 1 saturated heterocycles. The number of allylic oxidation sites excluding steroid dienone is 1. The van der Waals surface area contributed by atoms with E-state index in [1.165, 1.54) is 6.20 Å². The number of hydrogen-bond acceptors (Lipinski definition) is 7. The molecule has 0 radical (unpaired) electrons. The van der Waals surface area contributed by atoms with Gasteiger partial charge in [0.1, 0.15) is 5.52 Å². The zero-order valence-electron chi connectivity index (χ0n) is 20.5. The standard InChI is InChI=1S/C27H26N8O2/c1-3-17(2)33-13-9-19(10-14-33)35-25-20(26(36)32-27(35)37)16-28-22-7-6-21(31-24(22)25)18-5-8-23(29-15-18)34-12-4-11-30-34/h4-8,11-12,15-16,19H,2-3,9-10,13-14H2,1H3,(H,32,36,37). The van der Waals surface area contributed by atoms with Crippen molar-refractivity contribution in [2.45, 2.75) is 32.2 Å². The van der Waals surface area contributed by atoms with Crippen LogP contribution in [0.15, 0.2) is 77.0 Å². The lowest BCUT2D eigenvalue weighted by molar-refractivity contribution is 0.224. The number of rotatable bonds is 5. The van der Waals surface area contributed by atoms with Gasteiger partial charge in [-0.05, 0) is 49.6 Å². The molecule has 0 spiro atoms. The third-order valence-corrected chi connectivity index (χ3v) is 7.08. The molecule has 10 nitrogen and oxygen atoms in total. The molecule has 5 aromatic rings. The van der Waals surface area contributed by atoms with Crippen molar-refractivity contribution in [2.24, 2.45) is 0 Å². The minimum atomic E-state index is -0.458. The molecule has 1 aliphatic heterocycles. The van der Waals surface area contributed by atoms with Gasteiger partial charge in [-0.1, -0.05) is 13.5 Å². The summed E-state index contributed by atoms with van der Waals surface area (Å²) in [6.07, 6.45) is 9.22. The van der Waals surface area contributed by atoms with E-state index in [0.29, 0.717) is 33.4 Å². The molecule has 0 bridgehead atoms. The van der Waals surface area contributed by atoms with Gasteiger partial charge >= 0.3 is 5.69 Å². The van der Waals surface area contributed by atoms with Gasteiger partial charge in [0, 0.05) is 55.2 Å². The fourth-order valence-corrected chi connectivity index (χ4v) is 5.04. The molecule has 10 heteroatoms. The summed E-state index contributed by atoms with van der Waals surface area (Å²) in [5, 5.41) is 4.56. The summed E-state index contributed by atoms with van der Waals surface area (Å²) in [7, 11) is 0. The Labute approximate surface area is 211 Å². The third-order valence-electron chi connectivity index (χ3n) is 7.08. The maximum Gasteiger partial charge on any atom is 0.329 e. The monoisotopic (exact) mass is 494 g/mol. The van der Waals surface area contributed by atoms with Crippen molar-refractivity contribution in [3.05, 3.63) is 88.2 Å². The molecule has 1 N–H and O–H groups in total. The highest BCUT2D eigenvalue weighted by molar-refractivity contribution is 6.01. The molecule has 0 saturated carbocycles. The average molecular weight is 495 g/mol. The molecule has 5 aromatic heterocycles. The summed E-state index contributed by atoms with van der Waals surface area (Å²) >= 11 is 0. The number of aromatic amines is 1. The molecule has 37 heavy (non-hydrogen) atoms. The smallest absolute Gasteiger partial charge is 0.329 e. The van der Waals surface area contributed by atoms with E-state index in [1.54, 1.807) is 21.6 Å². The molecule has 1 aliphatic rings. The predicted octanol–water partition coefficient (Wildman–Crippen LogP) is 3.44. The number of nitrogens with one attached hydrogen (secondary N) is 1. The van der Waals surface area contributed by atoms with Crippen molar-refractivity contribution in [2.75, 3.05) is 13.1 Å². The molecule has 0 unspecified atom stereocenters. The molecule has 0 aliphatic carbocycles. The summed E-state index contributed by atoms with van der Waals surface area (Å²) in [4.78, 5) is 44.6. The van der Waals surface area contributed by atoms with E-state index < -0.39 is 11.2 Å². The summed E-state index contributed by atoms with van der Waals surface area (Å²) < 4.78 is 3.39. The zero-order valence-corrected chi connectivity index (χ0v) is 20.5. The van der Waals surface area contributed by atoms with Crippen LogP contribution in [0.3, 0.4) is 0 Å². The summed E-state index contributed by atoms with van der Waals surface area (Å²) in [6, 6.07) is 9.29. The number of fused-ring (bicyclic) bond motifs is 3. The summed E-state index contributed by atoms with van der Waals surface area (Å²) in [5.74, 6) is 0.694. The van der Waals surface area contributed by atoms with Gasteiger partial charge in [-0.25, -0.2) is 19.4 Å². The van der Waals surface area contributed by atoms with Crippen LogP contribution < -0.4 is 11.2 Å². The fourth-order valence-electron chi connectivity index (χ4n) is 5.04. The lowest BCUT2D eigenvalue weighted by atomic mass is 10.0. The van der Waals surface area contributed by atoms with Crippen LogP contribution in [0.1, 0.15) is 32.2 Å². The Balaban J connectivity index is 1.47. The quantitative estimate of drug-likeness (QED) is 0.372. The van der Waals surface area contributed by atoms with Gasteiger partial charge in [0.15, 0.2) is 5.82 Å². The molecule has 0 aromatic carbocycles. The Morgan fingerprint density at radius 3 is 2.65 bits per heavy atom. The molecule has 6 rings (SSSR count). The van der Waals surface area contributed by atoms with Crippen molar-refractivity contribution in [1.29, 1.82) is 0 Å². The SMILES string of the molecule is C=C(CC)N1CCC(n2c(=O)[nH]c(=O)c3cnc4ccc(-c5ccc(-n6cccn6)nc5)nc4c32)CC1.